The molecule has 8 nitrogen and oxygen atoms in total. The van der Waals surface area contributed by atoms with Gasteiger partial charge in [0.25, 0.3) is 0 Å². The molecule has 0 aliphatic heterocycles. The first-order valence-electron chi connectivity index (χ1n) is 19.7. The smallest absolute Gasteiger partial charge is 0.126 e. The van der Waals surface area contributed by atoms with E-state index < -0.39 is 0 Å². The zero-order valence-corrected chi connectivity index (χ0v) is 32.4. The highest BCUT2D eigenvalue weighted by Gasteiger charge is 2.24. The Labute approximate surface area is 311 Å². The summed E-state index contributed by atoms with van der Waals surface area (Å²) in [4.78, 5) is 0. The van der Waals surface area contributed by atoms with Crippen molar-refractivity contribution in [2.45, 2.75) is 105 Å². The van der Waals surface area contributed by atoms with Gasteiger partial charge in [-0.1, -0.05) is 27.7 Å². The molecule has 4 aromatic rings. The number of hydrogen-bond acceptors (Lipinski definition) is 4. The monoisotopic (exact) mass is 712 g/mol. The van der Waals surface area contributed by atoms with E-state index in [0.29, 0.717) is 78.3 Å². The third kappa shape index (κ3) is 9.28. The molecule has 0 unspecified atom stereocenters. The number of quaternary nitrogens is 4. The molecule has 0 atom stereocenters. The van der Waals surface area contributed by atoms with Crippen LogP contribution in [0.1, 0.15) is 120 Å². The fourth-order valence-electron chi connectivity index (χ4n) is 7.31. The van der Waals surface area contributed by atoms with Crippen LogP contribution < -0.4 is 41.9 Å². The van der Waals surface area contributed by atoms with Crippen molar-refractivity contribution in [3.63, 3.8) is 0 Å². The number of ether oxygens (including phenoxy) is 4. The Hall–Kier alpha value is -4.08. The van der Waals surface area contributed by atoms with Gasteiger partial charge >= 0.3 is 0 Å². The molecule has 8 bridgehead atoms. The van der Waals surface area contributed by atoms with Crippen LogP contribution in [0.25, 0.3) is 0 Å². The van der Waals surface area contributed by atoms with Gasteiger partial charge in [0.15, 0.2) is 0 Å². The lowest BCUT2D eigenvalue weighted by Gasteiger charge is -2.24. The largest absolute Gasteiger partial charge is 0.493 e. The second-order valence-electron chi connectivity index (χ2n) is 14.1. The van der Waals surface area contributed by atoms with Gasteiger partial charge in [0.2, 0.25) is 0 Å². The van der Waals surface area contributed by atoms with Crippen LogP contribution in [0.5, 0.6) is 23.0 Å². The lowest BCUT2D eigenvalue weighted by molar-refractivity contribution is -0.386. The Morgan fingerprint density at radius 2 is 0.519 bits per heavy atom. The zero-order chi connectivity index (χ0) is 37.0. The van der Waals surface area contributed by atoms with E-state index in [2.05, 4.69) is 99.2 Å². The molecule has 0 aromatic heterocycles. The summed E-state index contributed by atoms with van der Waals surface area (Å²) in [6, 6.07) is 18.3. The van der Waals surface area contributed by atoms with Gasteiger partial charge in [0.05, 0.1) is 52.6 Å². The molecular weight excluding hydrogens is 649 g/mol. The molecule has 12 N–H and O–H groups in total. The predicted octanol–water partition coefficient (Wildman–Crippen LogP) is 4.49. The standard InChI is InChI=1S/C44H60N4O4/c1-5-9-49-41-33-13-29(25-45)14-34(41)22-36-16-31(27-47)18-38(43(36)51-11-7-3)24-40-20-32(28-48)19-39(44(40)52-12-8-4)23-37-17-30(26-46)15-35(21-33)42(37)50-10-6-2/h13-20H,5-12,21-28,45-48H2,1-4H3/p+4. The van der Waals surface area contributed by atoms with Crippen LogP contribution in [0.15, 0.2) is 48.5 Å². The summed E-state index contributed by atoms with van der Waals surface area (Å²) in [5, 5.41) is 0. The molecule has 4 aromatic carbocycles. The minimum atomic E-state index is 0.639. The van der Waals surface area contributed by atoms with Gasteiger partial charge in [0, 0.05) is 47.9 Å². The van der Waals surface area contributed by atoms with Crippen molar-refractivity contribution < 1.29 is 41.9 Å². The van der Waals surface area contributed by atoms with Crippen molar-refractivity contribution >= 4 is 0 Å². The first kappa shape index (κ1) is 39.1. The van der Waals surface area contributed by atoms with Crippen LogP contribution in [-0.2, 0) is 51.9 Å². The lowest BCUT2D eigenvalue weighted by atomic mass is 9.88. The van der Waals surface area contributed by atoms with Gasteiger partial charge in [-0.25, -0.2) is 0 Å². The van der Waals surface area contributed by atoms with Crippen LogP contribution in [0.4, 0.5) is 0 Å². The van der Waals surface area contributed by atoms with Crippen LogP contribution in [0, 0.1) is 0 Å². The van der Waals surface area contributed by atoms with Gasteiger partial charge in [-0.15, -0.1) is 0 Å². The number of hydrogen-bond donors (Lipinski definition) is 4. The Balaban J connectivity index is 1.89. The summed E-state index contributed by atoms with van der Waals surface area (Å²) in [6.45, 7) is 14.0. The van der Waals surface area contributed by atoms with E-state index in [1.54, 1.807) is 0 Å². The van der Waals surface area contributed by atoms with Crippen LogP contribution in [-0.4, -0.2) is 26.4 Å². The molecule has 0 spiro atoms. The summed E-state index contributed by atoms with van der Waals surface area (Å²) < 4.78 is 26.9. The molecule has 8 heteroatoms. The molecule has 1 aliphatic rings. The summed E-state index contributed by atoms with van der Waals surface area (Å²) in [6.07, 6.45) is 6.37. The predicted molar refractivity (Wildman–Crippen MR) is 207 cm³/mol. The summed E-state index contributed by atoms with van der Waals surface area (Å²) in [5.41, 5.74) is 31.3. The first-order valence-corrected chi connectivity index (χ1v) is 19.7. The Bertz CT molecular complexity index is 1450. The second kappa shape index (κ2) is 19.1. The molecule has 0 saturated heterocycles. The Kier molecular flexibility index (Phi) is 14.4. The van der Waals surface area contributed by atoms with E-state index in [4.69, 9.17) is 18.9 Å². The van der Waals surface area contributed by atoms with Gasteiger partial charge in [-0.3, -0.25) is 0 Å². The molecule has 1 aliphatic carbocycles. The molecule has 52 heavy (non-hydrogen) atoms. The lowest BCUT2D eigenvalue weighted by Crippen LogP contribution is -2.47. The van der Waals surface area contributed by atoms with Gasteiger partial charge < -0.3 is 41.9 Å². The fourth-order valence-corrected chi connectivity index (χ4v) is 7.31. The maximum Gasteiger partial charge on any atom is 0.126 e. The van der Waals surface area contributed by atoms with Crippen LogP contribution in [0.3, 0.4) is 0 Å². The maximum absolute atomic E-state index is 6.72. The molecular formula is C44H64N4O4+4. The second-order valence-corrected chi connectivity index (χ2v) is 14.1. The zero-order valence-electron chi connectivity index (χ0n) is 32.4. The van der Waals surface area contributed by atoms with Crippen molar-refractivity contribution in [1.29, 1.82) is 0 Å². The minimum absolute atomic E-state index is 0.639. The number of benzene rings is 4. The van der Waals surface area contributed by atoms with Gasteiger partial charge in [-0.05, 0) is 119 Å². The molecule has 0 amide bonds. The topological polar surface area (TPSA) is 147 Å². The van der Waals surface area contributed by atoms with E-state index >= 15 is 0 Å². The molecule has 0 saturated carbocycles. The van der Waals surface area contributed by atoms with Crippen molar-refractivity contribution in [1.82, 2.24) is 0 Å². The molecule has 280 valence electrons. The third-order valence-electron chi connectivity index (χ3n) is 9.69. The van der Waals surface area contributed by atoms with Crippen LogP contribution >= 0.6 is 0 Å². The van der Waals surface area contributed by atoms with Crippen molar-refractivity contribution in [2.75, 3.05) is 26.4 Å². The molecule has 0 fully saturated rings. The minimum Gasteiger partial charge on any atom is -0.493 e. The average molecular weight is 713 g/mol. The summed E-state index contributed by atoms with van der Waals surface area (Å²) in [7, 11) is 0. The SMILES string of the molecule is CCCOc1c2cc(C[NH3+])cc1Cc1cc(C[NH3+])cc(c1OCCC)Cc1cc(C[NH3+])cc(c1OCCC)Cc1cc(C[NH3+])cc(c1OCCC)C2. The highest BCUT2D eigenvalue weighted by Crippen LogP contribution is 2.41. The third-order valence-corrected chi connectivity index (χ3v) is 9.69. The number of fused-ring (bicyclic) bond motifs is 8. The molecule has 5 rings (SSSR count). The van der Waals surface area contributed by atoms with Crippen LogP contribution in [0.2, 0.25) is 0 Å². The number of rotatable bonds is 16. The quantitative estimate of drug-likeness (QED) is 0.119. The first-order chi connectivity index (χ1) is 25.4. The van der Waals surface area contributed by atoms with E-state index in [9.17, 15) is 0 Å². The van der Waals surface area contributed by atoms with Crippen molar-refractivity contribution in [2.24, 2.45) is 0 Å². The maximum atomic E-state index is 6.72. The normalized spacial score (nSPS) is 12.5. The van der Waals surface area contributed by atoms with Crippen molar-refractivity contribution in [3.8, 4) is 23.0 Å². The van der Waals surface area contributed by atoms with Gasteiger partial charge in [-0.2, -0.15) is 0 Å². The highest BCUT2D eigenvalue weighted by molar-refractivity contribution is 5.58. The summed E-state index contributed by atoms with van der Waals surface area (Å²) in [5.74, 6) is 3.82. The van der Waals surface area contributed by atoms with E-state index in [0.717, 1.165) is 93.2 Å². The average Bonchev–Trinajstić information content (AvgIpc) is 3.15. The Morgan fingerprint density at radius 3 is 0.654 bits per heavy atom. The van der Waals surface area contributed by atoms with Crippen molar-refractivity contribution in [3.05, 3.63) is 115 Å². The molecule has 0 heterocycles. The summed E-state index contributed by atoms with van der Waals surface area (Å²) >= 11 is 0. The van der Waals surface area contributed by atoms with E-state index in [-0.39, 0.29) is 0 Å². The highest BCUT2D eigenvalue weighted by atomic mass is 16.5. The van der Waals surface area contributed by atoms with E-state index in [1.165, 1.54) is 22.3 Å². The molecule has 0 radical (unpaired) electrons. The van der Waals surface area contributed by atoms with Gasteiger partial charge in [0.1, 0.15) is 23.0 Å². The fraction of sp³-hybridized carbons (Fsp3) is 0.455. The van der Waals surface area contributed by atoms with E-state index in [1.807, 2.05) is 0 Å². The Morgan fingerprint density at radius 1 is 0.346 bits per heavy atom.